The normalized spacial score (nSPS) is 12.9. The molecule has 0 radical (unpaired) electrons. The minimum Gasteiger partial charge on any atom is -0.370 e. The number of halogens is 4. The van der Waals surface area contributed by atoms with Crippen LogP contribution in [-0.2, 0) is 21.6 Å². The number of hydrogen-bond acceptors (Lipinski definition) is 3. The molecule has 22 heavy (non-hydrogen) atoms. The first kappa shape index (κ1) is 18.7. The lowest BCUT2D eigenvalue weighted by Gasteiger charge is -2.16. The van der Waals surface area contributed by atoms with Crippen LogP contribution in [0.2, 0.25) is 0 Å². The van der Waals surface area contributed by atoms with Crippen LogP contribution in [0.3, 0.4) is 0 Å². The zero-order chi connectivity index (χ0) is 17.0. The molecule has 0 saturated heterocycles. The molecule has 1 rings (SSSR count). The summed E-state index contributed by atoms with van der Waals surface area (Å²) in [4.78, 5) is 0. The van der Waals surface area contributed by atoms with Gasteiger partial charge < -0.3 is 4.74 Å². The standard InChI is InChI=1S/C12H16F4N2O3S/c1-18(2)22(19,20)17-10-5-3-4-9(6-10)7-21-8-12(15,16)11(13)14/h3-6,11,17H,7-8H2,1-2H3. The van der Waals surface area contributed by atoms with Crippen molar-refractivity contribution in [1.82, 2.24) is 4.31 Å². The molecule has 126 valence electrons. The highest BCUT2D eigenvalue weighted by molar-refractivity contribution is 7.90. The highest BCUT2D eigenvalue weighted by Crippen LogP contribution is 2.23. The van der Waals surface area contributed by atoms with E-state index in [0.717, 1.165) is 4.31 Å². The maximum Gasteiger partial charge on any atom is 0.330 e. The Labute approximate surface area is 126 Å². The van der Waals surface area contributed by atoms with Crippen molar-refractivity contribution >= 4 is 15.9 Å². The van der Waals surface area contributed by atoms with Crippen molar-refractivity contribution in [2.75, 3.05) is 25.4 Å². The minimum atomic E-state index is -4.22. The van der Waals surface area contributed by atoms with E-state index in [9.17, 15) is 26.0 Å². The van der Waals surface area contributed by atoms with Crippen LogP contribution in [0.15, 0.2) is 24.3 Å². The van der Waals surface area contributed by atoms with Crippen molar-refractivity contribution in [3.8, 4) is 0 Å². The Morgan fingerprint density at radius 2 is 1.95 bits per heavy atom. The van der Waals surface area contributed by atoms with Gasteiger partial charge in [-0.3, -0.25) is 4.72 Å². The summed E-state index contributed by atoms with van der Waals surface area (Å²) < 4.78 is 80.3. The van der Waals surface area contributed by atoms with Crippen LogP contribution in [0.4, 0.5) is 23.2 Å². The highest BCUT2D eigenvalue weighted by atomic mass is 32.2. The molecule has 10 heteroatoms. The summed E-state index contributed by atoms with van der Waals surface area (Å²) in [5.41, 5.74) is 0.569. The molecule has 0 spiro atoms. The van der Waals surface area contributed by atoms with Gasteiger partial charge in [0.05, 0.1) is 12.3 Å². The van der Waals surface area contributed by atoms with Gasteiger partial charge in [0.15, 0.2) is 0 Å². The van der Waals surface area contributed by atoms with Gasteiger partial charge in [-0.25, -0.2) is 8.78 Å². The van der Waals surface area contributed by atoms with E-state index in [-0.39, 0.29) is 12.3 Å². The van der Waals surface area contributed by atoms with Crippen molar-refractivity contribution in [3.05, 3.63) is 29.8 Å². The molecule has 0 aliphatic heterocycles. The first-order valence-corrected chi connectivity index (χ1v) is 7.51. The van der Waals surface area contributed by atoms with Gasteiger partial charge in [0, 0.05) is 14.1 Å². The molecule has 0 saturated carbocycles. The zero-order valence-corrected chi connectivity index (χ0v) is 12.7. The minimum absolute atomic E-state index is 0.204. The van der Waals surface area contributed by atoms with Gasteiger partial charge in [-0.15, -0.1) is 0 Å². The number of alkyl halides is 4. The molecule has 1 aromatic carbocycles. The number of hydrogen-bond donors (Lipinski definition) is 1. The molecule has 0 unspecified atom stereocenters. The molecular weight excluding hydrogens is 328 g/mol. The SMILES string of the molecule is CN(C)S(=O)(=O)Nc1cccc(COCC(F)(F)C(F)F)c1. The predicted octanol–water partition coefficient (Wildman–Crippen LogP) is 2.32. The second-order valence-electron chi connectivity index (χ2n) is 4.64. The van der Waals surface area contributed by atoms with Crippen LogP contribution in [0.25, 0.3) is 0 Å². The summed E-state index contributed by atoms with van der Waals surface area (Å²) in [5, 5.41) is 0. The summed E-state index contributed by atoms with van der Waals surface area (Å²) in [6.07, 6.45) is -3.80. The van der Waals surface area contributed by atoms with Crippen molar-refractivity contribution in [2.24, 2.45) is 0 Å². The Hall–Kier alpha value is -1.39. The van der Waals surface area contributed by atoms with Crippen LogP contribution in [0.1, 0.15) is 5.56 Å². The summed E-state index contributed by atoms with van der Waals surface area (Å²) >= 11 is 0. The van der Waals surface area contributed by atoms with Gasteiger partial charge in [-0.05, 0) is 17.7 Å². The largest absolute Gasteiger partial charge is 0.370 e. The van der Waals surface area contributed by atoms with Gasteiger partial charge in [-0.1, -0.05) is 12.1 Å². The van der Waals surface area contributed by atoms with E-state index in [1.165, 1.54) is 38.4 Å². The quantitative estimate of drug-likeness (QED) is 0.737. The van der Waals surface area contributed by atoms with Crippen molar-refractivity contribution in [2.45, 2.75) is 19.0 Å². The zero-order valence-electron chi connectivity index (χ0n) is 11.9. The molecule has 1 N–H and O–H groups in total. The smallest absolute Gasteiger partial charge is 0.330 e. The third-order valence-corrected chi connectivity index (χ3v) is 3.99. The fourth-order valence-corrected chi connectivity index (χ4v) is 1.94. The average molecular weight is 344 g/mol. The van der Waals surface area contributed by atoms with Crippen LogP contribution >= 0.6 is 0 Å². The summed E-state index contributed by atoms with van der Waals surface area (Å²) in [6, 6.07) is 5.80. The molecular formula is C12H16F4N2O3S. The maximum atomic E-state index is 12.7. The molecule has 0 fully saturated rings. The molecule has 1 aromatic rings. The van der Waals surface area contributed by atoms with Gasteiger partial charge in [-0.2, -0.15) is 21.5 Å². The number of nitrogens with one attached hydrogen (secondary N) is 1. The lowest BCUT2D eigenvalue weighted by atomic mass is 10.2. The fourth-order valence-electron chi connectivity index (χ4n) is 1.33. The molecule has 0 bridgehead atoms. The molecule has 5 nitrogen and oxygen atoms in total. The van der Waals surface area contributed by atoms with Crippen LogP contribution in [0.5, 0.6) is 0 Å². The number of benzene rings is 1. The van der Waals surface area contributed by atoms with E-state index in [1.54, 1.807) is 0 Å². The van der Waals surface area contributed by atoms with Crippen LogP contribution < -0.4 is 4.72 Å². The topological polar surface area (TPSA) is 58.6 Å². The molecule has 0 atom stereocenters. The monoisotopic (exact) mass is 344 g/mol. The predicted molar refractivity (Wildman–Crippen MR) is 73.3 cm³/mol. The number of nitrogens with zero attached hydrogens (tertiary/aromatic N) is 1. The summed E-state index contributed by atoms with van der Waals surface area (Å²) in [7, 11) is -1.03. The van der Waals surface area contributed by atoms with E-state index in [1.807, 2.05) is 0 Å². The fraction of sp³-hybridized carbons (Fsp3) is 0.500. The molecule has 0 aliphatic carbocycles. The molecule has 0 heterocycles. The van der Waals surface area contributed by atoms with E-state index >= 15 is 0 Å². The third-order valence-electron chi connectivity index (χ3n) is 2.54. The van der Waals surface area contributed by atoms with E-state index in [2.05, 4.69) is 9.46 Å². The Kier molecular flexibility index (Phi) is 6.15. The summed E-state index contributed by atoms with van der Waals surface area (Å²) in [5.74, 6) is -4.22. The van der Waals surface area contributed by atoms with E-state index < -0.39 is 29.2 Å². The molecule has 0 amide bonds. The lowest BCUT2D eigenvalue weighted by Crippen LogP contribution is -2.32. The van der Waals surface area contributed by atoms with Gasteiger partial charge in [0.2, 0.25) is 0 Å². The van der Waals surface area contributed by atoms with Gasteiger partial charge in [0.1, 0.15) is 6.61 Å². The second-order valence-corrected chi connectivity index (χ2v) is 6.53. The van der Waals surface area contributed by atoms with Gasteiger partial charge >= 0.3 is 22.6 Å². The number of anilines is 1. The number of rotatable bonds is 8. The molecule has 0 aliphatic rings. The van der Waals surface area contributed by atoms with Crippen LogP contribution in [-0.4, -0.2) is 45.8 Å². The average Bonchev–Trinajstić information content (AvgIpc) is 2.38. The maximum absolute atomic E-state index is 12.7. The number of ether oxygens (including phenoxy) is 1. The van der Waals surface area contributed by atoms with Crippen LogP contribution in [0, 0.1) is 0 Å². The summed E-state index contributed by atoms with van der Waals surface area (Å²) in [6.45, 7) is -1.77. The Morgan fingerprint density at radius 3 is 2.50 bits per heavy atom. The third kappa shape index (κ3) is 5.43. The van der Waals surface area contributed by atoms with E-state index in [4.69, 9.17) is 0 Å². The van der Waals surface area contributed by atoms with Crippen molar-refractivity contribution < 1.29 is 30.7 Å². The Balaban J connectivity index is 2.66. The Morgan fingerprint density at radius 1 is 1.32 bits per heavy atom. The first-order chi connectivity index (χ1) is 10.0. The molecule has 0 aromatic heterocycles. The first-order valence-electron chi connectivity index (χ1n) is 6.07. The van der Waals surface area contributed by atoms with E-state index in [0.29, 0.717) is 5.56 Å². The van der Waals surface area contributed by atoms with Crippen molar-refractivity contribution in [1.29, 1.82) is 0 Å². The Bertz CT molecular complexity index is 594. The van der Waals surface area contributed by atoms with Gasteiger partial charge in [0.25, 0.3) is 0 Å². The van der Waals surface area contributed by atoms with Crippen molar-refractivity contribution in [3.63, 3.8) is 0 Å². The second kappa shape index (κ2) is 7.25. The lowest BCUT2D eigenvalue weighted by molar-refractivity contribution is -0.168. The highest BCUT2D eigenvalue weighted by Gasteiger charge is 2.40.